The van der Waals surface area contributed by atoms with Gasteiger partial charge in [0.15, 0.2) is 0 Å². The van der Waals surface area contributed by atoms with Crippen molar-refractivity contribution in [2.75, 3.05) is 0 Å². The standard InChI is InChI=1S/C17H13N3.3C2H6/c18-10-12-6-7-15-16(13-4-2-1-3-5-13)9-14(11-19)20-17(15)8-12;3*1-2/h1-9H,10,18H2;3*1-2H3. The highest BCUT2D eigenvalue weighted by Gasteiger charge is 2.08. The second kappa shape index (κ2) is 13.6. The van der Waals surface area contributed by atoms with Gasteiger partial charge in [0.05, 0.1) is 5.52 Å². The molecule has 1 aromatic heterocycles. The Kier molecular flexibility index (Phi) is 12.2. The van der Waals surface area contributed by atoms with Crippen LogP contribution in [0.2, 0.25) is 0 Å². The minimum absolute atomic E-state index is 0.422. The quantitative estimate of drug-likeness (QED) is 0.589. The summed E-state index contributed by atoms with van der Waals surface area (Å²) >= 11 is 0. The van der Waals surface area contributed by atoms with Crippen LogP contribution in [0.3, 0.4) is 0 Å². The van der Waals surface area contributed by atoms with E-state index < -0.39 is 0 Å². The number of nitrogens with two attached hydrogens (primary N) is 1. The molecule has 138 valence electrons. The zero-order valence-electron chi connectivity index (χ0n) is 16.9. The van der Waals surface area contributed by atoms with Gasteiger partial charge < -0.3 is 5.73 Å². The van der Waals surface area contributed by atoms with E-state index in [0.29, 0.717) is 12.2 Å². The van der Waals surface area contributed by atoms with Gasteiger partial charge >= 0.3 is 0 Å². The molecule has 3 rings (SSSR count). The summed E-state index contributed by atoms with van der Waals surface area (Å²) in [5.41, 5.74) is 10.0. The first-order chi connectivity index (χ1) is 12.8. The van der Waals surface area contributed by atoms with Crippen LogP contribution in [0, 0.1) is 11.3 Å². The molecule has 0 spiro atoms. The number of fused-ring (bicyclic) bond motifs is 1. The predicted octanol–water partition coefficient (Wildman–Crippen LogP) is 6.31. The highest BCUT2D eigenvalue weighted by Crippen LogP contribution is 2.29. The van der Waals surface area contributed by atoms with Gasteiger partial charge in [0.2, 0.25) is 0 Å². The third kappa shape index (κ3) is 5.98. The summed E-state index contributed by atoms with van der Waals surface area (Å²) in [5.74, 6) is 0. The SMILES string of the molecule is CC.CC.CC.N#Cc1cc(-c2ccccc2)c2ccc(CN)cc2n1. The first-order valence-electron chi connectivity index (χ1n) is 9.41. The monoisotopic (exact) mass is 349 g/mol. The van der Waals surface area contributed by atoms with Crippen LogP contribution in [-0.4, -0.2) is 4.98 Å². The molecule has 3 aromatic rings. The molecular formula is C23H31N3. The Bertz CT molecular complexity index is 803. The molecule has 0 aliphatic carbocycles. The fraction of sp³-hybridized carbons (Fsp3) is 0.304. The van der Waals surface area contributed by atoms with E-state index >= 15 is 0 Å². The molecule has 0 aliphatic heterocycles. The van der Waals surface area contributed by atoms with Crippen LogP contribution in [0.5, 0.6) is 0 Å². The fourth-order valence-corrected chi connectivity index (χ4v) is 2.31. The number of pyridine rings is 1. The van der Waals surface area contributed by atoms with Crippen LogP contribution in [-0.2, 0) is 6.54 Å². The van der Waals surface area contributed by atoms with E-state index in [9.17, 15) is 0 Å². The molecule has 0 bridgehead atoms. The Balaban J connectivity index is 0.000000948. The first kappa shape index (κ1) is 23.3. The number of aromatic nitrogens is 1. The minimum Gasteiger partial charge on any atom is -0.326 e. The Morgan fingerprint density at radius 1 is 0.885 bits per heavy atom. The molecule has 0 radical (unpaired) electrons. The molecule has 3 nitrogen and oxygen atoms in total. The van der Waals surface area contributed by atoms with Gasteiger partial charge in [-0.15, -0.1) is 0 Å². The van der Waals surface area contributed by atoms with Crippen molar-refractivity contribution in [3.8, 4) is 17.2 Å². The number of benzene rings is 2. The van der Waals surface area contributed by atoms with Crippen molar-refractivity contribution in [2.24, 2.45) is 5.73 Å². The highest BCUT2D eigenvalue weighted by molar-refractivity contribution is 5.95. The van der Waals surface area contributed by atoms with Gasteiger partial charge in [-0.1, -0.05) is 84.0 Å². The van der Waals surface area contributed by atoms with Crippen molar-refractivity contribution in [1.29, 1.82) is 5.26 Å². The lowest BCUT2D eigenvalue weighted by Gasteiger charge is -2.08. The van der Waals surface area contributed by atoms with Crippen molar-refractivity contribution >= 4 is 10.9 Å². The summed E-state index contributed by atoms with van der Waals surface area (Å²) in [6, 6.07) is 20.0. The molecule has 1 heterocycles. The fourth-order valence-electron chi connectivity index (χ4n) is 2.31. The zero-order valence-corrected chi connectivity index (χ0v) is 16.9. The second-order valence-electron chi connectivity index (χ2n) is 4.59. The van der Waals surface area contributed by atoms with Gasteiger partial charge in [-0.3, -0.25) is 0 Å². The molecule has 2 aromatic carbocycles. The number of nitrogens with zero attached hydrogens (tertiary/aromatic N) is 2. The molecule has 0 saturated heterocycles. The van der Waals surface area contributed by atoms with Crippen LogP contribution >= 0.6 is 0 Å². The first-order valence-corrected chi connectivity index (χ1v) is 9.41. The molecule has 2 N–H and O–H groups in total. The summed E-state index contributed by atoms with van der Waals surface area (Å²) in [4.78, 5) is 4.37. The Hall–Kier alpha value is -2.70. The summed E-state index contributed by atoms with van der Waals surface area (Å²) in [5, 5.41) is 10.2. The van der Waals surface area contributed by atoms with Crippen LogP contribution in [0.15, 0.2) is 54.6 Å². The molecular weight excluding hydrogens is 318 g/mol. The Labute approximate surface area is 158 Å². The van der Waals surface area contributed by atoms with E-state index in [1.807, 2.05) is 96.1 Å². The van der Waals surface area contributed by atoms with Gasteiger partial charge in [-0.05, 0) is 28.8 Å². The molecule has 0 fully saturated rings. The number of hydrogen-bond acceptors (Lipinski definition) is 3. The maximum Gasteiger partial charge on any atom is 0.141 e. The molecule has 0 aliphatic rings. The average Bonchev–Trinajstić information content (AvgIpc) is 2.77. The summed E-state index contributed by atoms with van der Waals surface area (Å²) in [6.07, 6.45) is 0. The van der Waals surface area contributed by atoms with E-state index in [0.717, 1.165) is 27.6 Å². The predicted molar refractivity (Wildman–Crippen MR) is 114 cm³/mol. The third-order valence-electron chi connectivity index (χ3n) is 3.31. The lowest BCUT2D eigenvalue weighted by Crippen LogP contribution is -1.97. The molecule has 0 unspecified atom stereocenters. The Morgan fingerprint density at radius 3 is 2.04 bits per heavy atom. The summed E-state index contributed by atoms with van der Waals surface area (Å²) in [7, 11) is 0. The van der Waals surface area contributed by atoms with Crippen molar-refractivity contribution in [3.05, 3.63) is 65.9 Å². The van der Waals surface area contributed by atoms with Gasteiger partial charge in [-0.25, -0.2) is 4.98 Å². The summed E-state index contributed by atoms with van der Waals surface area (Å²) in [6.45, 7) is 12.5. The van der Waals surface area contributed by atoms with Crippen molar-refractivity contribution in [1.82, 2.24) is 4.98 Å². The van der Waals surface area contributed by atoms with E-state index in [-0.39, 0.29) is 0 Å². The van der Waals surface area contributed by atoms with Crippen molar-refractivity contribution in [2.45, 2.75) is 48.1 Å². The lowest BCUT2D eigenvalue weighted by atomic mass is 9.99. The van der Waals surface area contributed by atoms with Gasteiger partial charge in [0, 0.05) is 11.9 Å². The van der Waals surface area contributed by atoms with Crippen LogP contribution in [0.25, 0.3) is 22.0 Å². The van der Waals surface area contributed by atoms with Crippen LogP contribution < -0.4 is 5.73 Å². The minimum atomic E-state index is 0.422. The van der Waals surface area contributed by atoms with Crippen molar-refractivity contribution < 1.29 is 0 Å². The Morgan fingerprint density at radius 2 is 1.50 bits per heavy atom. The lowest BCUT2D eigenvalue weighted by molar-refractivity contribution is 1.07. The molecule has 0 atom stereocenters. The zero-order chi connectivity index (χ0) is 19.9. The van der Waals surface area contributed by atoms with Crippen LogP contribution in [0.4, 0.5) is 0 Å². The van der Waals surface area contributed by atoms with Gasteiger partial charge in [0.1, 0.15) is 11.8 Å². The molecule has 3 heteroatoms. The largest absolute Gasteiger partial charge is 0.326 e. The number of hydrogen-bond donors (Lipinski definition) is 1. The smallest absolute Gasteiger partial charge is 0.141 e. The van der Waals surface area contributed by atoms with E-state index in [1.165, 1.54) is 0 Å². The maximum absolute atomic E-state index is 9.16. The maximum atomic E-state index is 9.16. The molecule has 0 amide bonds. The topological polar surface area (TPSA) is 62.7 Å². The molecule has 0 saturated carbocycles. The van der Waals surface area contributed by atoms with Gasteiger partial charge in [-0.2, -0.15) is 5.26 Å². The number of nitriles is 1. The van der Waals surface area contributed by atoms with E-state index in [1.54, 1.807) is 0 Å². The average molecular weight is 350 g/mol. The van der Waals surface area contributed by atoms with Crippen molar-refractivity contribution in [3.63, 3.8) is 0 Å². The normalized spacial score (nSPS) is 8.69. The van der Waals surface area contributed by atoms with Crippen LogP contribution in [0.1, 0.15) is 52.8 Å². The third-order valence-corrected chi connectivity index (χ3v) is 3.31. The number of rotatable bonds is 2. The van der Waals surface area contributed by atoms with E-state index in [4.69, 9.17) is 11.0 Å². The van der Waals surface area contributed by atoms with Gasteiger partial charge in [0.25, 0.3) is 0 Å². The highest BCUT2D eigenvalue weighted by atomic mass is 14.7. The van der Waals surface area contributed by atoms with E-state index in [2.05, 4.69) is 11.1 Å². The summed E-state index contributed by atoms with van der Waals surface area (Å²) < 4.78 is 0. The molecule has 26 heavy (non-hydrogen) atoms. The second-order valence-corrected chi connectivity index (χ2v) is 4.59.